The van der Waals surface area contributed by atoms with Gasteiger partial charge < -0.3 is 14.3 Å². The maximum absolute atomic E-state index is 13.5. The maximum atomic E-state index is 13.5. The Kier molecular flexibility index (Phi) is 3.76. The smallest absolute Gasteiger partial charge is 0.170 e. The van der Waals surface area contributed by atoms with Crippen LogP contribution in [0.4, 0.5) is 4.39 Å². The van der Waals surface area contributed by atoms with Crippen molar-refractivity contribution in [2.75, 3.05) is 6.61 Å². The molecule has 0 saturated heterocycles. The van der Waals surface area contributed by atoms with Crippen LogP contribution in [0.2, 0.25) is 0 Å². The second-order valence-corrected chi connectivity index (χ2v) is 5.47. The summed E-state index contributed by atoms with van der Waals surface area (Å²) >= 11 is 0. The van der Waals surface area contributed by atoms with Crippen molar-refractivity contribution in [2.45, 2.75) is 38.4 Å². The zero-order valence-electron chi connectivity index (χ0n) is 11.5. The van der Waals surface area contributed by atoms with E-state index in [-0.39, 0.29) is 11.4 Å². The summed E-state index contributed by atoms with van der Waals surface area (Å²) in [5.74, 6) is 0.519. The number of para-hydroxylation sites is 1. The lowest BCUT2D eigenvalue weighted by molar-refractivity contribution is -0.0396. The van der Waals surface area contributed by atoms with Crippen LogP contribution in [-0.4, -0.2) is 17.8 Å². The van der Waals surface area contributed by atoms with Gasteiger partial charge in [-0.1, -0.05) is 12.1 Å². The fourth-order valence-electron chi connectivity index (χ4n) is 2.88. The third kappa shape index (κ3) is 2.58. The number of halogens is 1. The Balaban J connectivity index is 1.64. The monoisotopic (exact) mass is 278 g/mol. The summed E-state index contributed by atoms with van der Waals surface area (Å²) in [6.45, 7) is 2.73. The number of aliphatic hydroxyl groups excluding tert-OH is 1. The van der Waals surface area contributed by atoms with Gasteiger partial charge in [0.2, 0.25) is 0 Å². The van der Waals surface area contributed by atoms with Crippen LogP contribution < -0.4 is 0 Å². The Labute approximate surface area is 117 Å². The van der Waals surface area contributed by atoms with E-state index in [4.69, 9.17) is 9.15 Å². The molecule has 0 spiro atoms. The molecular weight excluding hydrogens is 259 g/mol. The van der Waals surface area contributed by atoms with Gasteiger partial charge in [-0.2, -0.15) is 0 Å². The van der Waals surface area contributed by atoms with Gasteiger partial charge in [0, 0.05) is 12.0 Å². The molecule has 3 nitrogen and oxygen atoms in total. The number of aliphatic hydroxyl groups is 1. The van der Waals surface area contributed by atoms with E-state index in [1.807, 2.05) is 6.92 Å². The van der Waals surface area contributed by atoms with E-state index in [1.54, 1.807) is 18.2 Å². The molecule has 1 saturated carbocycles. The second kappa shape index (κ2) is 5.54. The summed E-state index contributed by atoms with van der Waals surface area (Å²) in [4.78, 5) is 0. The van der Waals surface area contributed by atoms with Crippen LogP contribution in [0.5, 0.6) is 0 Å². The number of benzene rings is 1. The molecule has 108 valence electrons. The minimum absolute atomic E-state index is 0.224. The van der Waals surface area contributed by atoms with Crippen LogP contribution >= 0.6 is 0 Å². The average molecular weight is 278 g/mol. The fraction of sp³-hybridized carbons (Fsp3) is 0.500. The number of hydrogen-bond donors (Lipinski definition) is 1. The van der Waals surface area contributed by atoms with Gasteiger partial charge in [0.15, 0.2) is 11.4 Å². The molecular formula is C16H19FO3. The molecule has 1 heterocycles. The van der Waals surface area contributed by atoms with Crippen molar-refractivity contribution in [2.24, 2.45) is 5.92 Å². The standard InChI is InChI=1S/C16H19FO3/c1-2-19-12-6-10(7-12)8-14(18)15-9-11-4-3-5-13(17)16(11)20-15/h3-5,9-10,12,14,18H,2,6-8H2,1H3. The normalized spacial score (nSPS) is 23.8. The first-order chi connectivity index (χ1) is 9.67. The molecule has 1 unspecified atom stereocenters. The molecule has 3 rings (SSSR count). The number of furan rings is 1. The largest absolute Gasteiger partial charge is 0.455 e. The Morgan fingerprint density at radius 3 is 2.95 bits per heavy atom. The highest BCUT2D eigenvalue weighted by atomic mass is 19.1. The van der Waals surface area contributed by atoms with Crippen molar-refractivity contribution in [1.82, 2.24) is 0 Å². The Bertz CT molecular complexity index is 586. The molecule has 0 bridgehead atoms. The first-order valence-electron chi connectivity index (χ1n) is 7.15. The van der Waals surface area contributed by atoms with Crippen LogP contribution in [0.25, 0.3) is 11.0 Å². The van der Waals surface area contributed by atoms with Crippen LogP contribution in [0.3, 0.4) is 0 Å². The Hall–Kier alpha value is -1.39. The second-order valence-electron chi connectivity index (χ2n) is 5.47. The lowest BCUT2D eigenvalue weighted by atomic mass is 9.78. The van der Waals surface area contributed by atoms with E-state index in [9.17, 15) is 9.50 Å². The first kappa shape index (κ1) is 13.6. The topological polar surface area (TPSA) is 42.6 Å². The SMILES string of the molecule is CCOC1CC(CC(O)c2cc3cccc(F)c3o2)C1. The van der Waals surface area contributed by atoms with Crippen molar-refractivity contribution in [3.63, 3.8) is 0 Å². The third-order valence-electron chi connectivity index (χ3n) is 3.99. The van der Waals surface area contributed by atoms with Gasteiger partial charge in [-0.25, -0.2) is 4.39 Å². The number of rotatable bonds is 5. The van der Waals surface area contributed by atoms with E-state index in [2.05, 4.69) is 0 Å². The Morgan fingerprint density at radius 2 is 2.25 bits per heavy atom. The Morgan fingerprint density at radius 1 is 1.45 bits per heavy atom. The summed E-state index contributed by atoms with van der Waals surface area (Å²) in [5, 5.41) is 10.9. The van der Waals surface area contributed by atoms with Gasteiger partial charge in [-0.3, -0.25) is 0 Å². The van der Waals surface area contributed by atoms with Gasteiger partial charge in [0.25, 0.3) is 0 Å². The molecule has 1 aromatic heterocycles. The van der Waals surface area contributed by atoms with Crippen LogP contribution in [-0.2, 0) is 4.74 Å². The molecule has 1 aromatic carbocycles. The summed E-state index contributed by atoms with van der Waals surface area (Å²) in [6, 6.07) is 6.51. The molecule has 1 atom stereocenters. The van der Waals surface area contributed by atoms with Crippen molar-refractivity contribution >= 4 is 11.0 Å². The molecule has 1 fully saturated rings. The highest BCUT2D eigenvalue weighted by Crippen LogP contribution is 2.38. The molecule has 1 aliphatic carbocycles. The minimum Gasteiger partial charge on any atom is -0.455 e. The number of ether oxygens (including phenoxy) is 1. The summed E-state index contributed by atoms with van der Waals surface area (Å²) < 4.78 is 24.5. The molecule has 4 heteroatoms. The lowest BCUT2D eigenvalue weighted by Gasteiger charge is -2.35. The van der Waals surface area contributed by atoms with Crippen molar-refractivity contribution in [3.8, 4) is 0 Å². The minimum atomic E-state index is -0.672. The molecule has 0 aliphatic heterocycles. The van der Waals surface area contributed by atoms with Crippen LogP contribution in [0.1, 0.15) is 38.1 Å². The zero-order chi connectivity index (χ0) is 14.1. The van der Waals surface area contributed by atoms with Crippen LogP contribution in [0, 0.1) is 11.7 Å². The van der Waals surface area contributed by atoms with E-state index in [1.165, 1.54) is 6.07 Å². The van der Waals surface area contributed by atoms with Crippen molar-refractivity contribution < 1.29 is 18.7 Å². The predicted octanol–water partition coefficient (Wildman–Crippen LogP) is 3.81. The molecule has 0 radical (unpaired) electrons. The molecule has 0 amide bonds. The lowest BCUT2D eigenvalue weighted by Crippen LogP contribution is -2.32. The average Bonchev–Trinajstić information content (AvgIpc) is 2.82. The summed E-state index contributed by atoms with van der Waals surface area (Å²) in [7, 11) is 0. The molecule has 1 N–H and O–H groups in total. The van der Waals surface area contributed by atoms with Crippen molar-refractivity contribution in [3.05, 3.63) is 35.8 Å². The van der Waals surface area contributed by atoms with E-state index < -0.39 is 6.10 Å². The van der Waals surface area contributed by atoms with Crippen molar-refractivity contribution in [1.29, 1.82) is 0 Å². The summed E-state index contributed by atoms with van der Waals surface area (Å²) in [6.07, 6.45) is 2.28. The van der Waals surface area contributed by atoms with E-state index >= 15 is 0 Å². The van der Waals surface area contributed by atoms with Gasteiger partial charge in [0.1, 0.15) is 11.9 Å². The first-order valence-corrected chi connectivity index (χ1v) is 7.15. The van der Waals surface area contributed by atoms with Crippen LogP contribution in [0.15, 0.2) is 28.7 Å². The summed E-state index contributed by atoms with van der Waals surface area (Å²) in [5.41, 5.74) is 0.224. The number of hydrogen-bond acceptors (Lipinski definition) is 3. The van der Waals surface area contributed by atoms with E-state index in [0.29, 0.717) is 29.6 Å². The van der Waals surface area contributed by atoms with Gasteiger partial charge in [-0.05, 0) is 44.2 Å². The van der Waals surface area contributed by atoms with Gasteiger partial charge >= 0.3 is 0 Å². The van der Waals surface area contributed by atoms with Gasteiger partial charge in [-0.15, -0.1) is 0 Å². The molecule has 1 aliphatic rings. The fourth-order valence-corrected chi connectivity index (χ4v) is 2.88. The number of fused-ring (bicyclic) bond motifs is 1. The molecule has 2 aromatic rings. The maximum Gasteiger partial charge on any atom is 0.170 e. The predicted molar refractivity (Wildman–Crippen MR) is 73.9 cm³/mol. The molecule has 20 heavy (non-hydrogen) atoms. The highest BCUT2D eigenvalue weighted by molar-refractivity contribution is 5.78. The zero-order valence-corrected chi connectivity index (χ0v) is 11.5. The quantitative estimate of drug-likeness (QED) is 0.904. The van der Waals surface area contributed by atoms with Gasteiger partial charge in [0.05, 0.1) is 6.10 Å². The highest BCUT2D eigenvalue weighted by Gasteiger charge is 2.32. The van der Waals surface area contributed by atoms with E-state index in [0.717, 1.165) is 19.4 Å². The third-order valence-corrected chi connectivity index (χ3v) is 3.99.